The molecule has 1 unspecified atom stereocenters. The summed E-state index contributed by atoms with van der Waals surface area (Å²) in [5, 5.41) is 12.6. The van der Waals surface area contributed by atoms with E-state index in [9.17, 15) is 23.9 Å². The van der Waals surface area contributed by atoms with E-state index in [0.717, 1.165) is 12.8 Å². The highest BCUT2D eigenvalue weighted by atomic mass is 19.1. The number of aromatic amines is 1. The van der Waals surface area contributed by atoms with E-state index in [1.54, 1.807) is 4.90 Å². The third-order valence-corrected chi connectivity index (χ3v) is 4.72. The van der Waals surface area contributed by atoms with Crippen molar-refractivity contribution in [3.8, 4) is 5.75 Å². The first-order valence-corrected chi connectivity index (χ1v) is 9.00. The van der Waals surface area contributed by atoms with Gasteiger partial charge in [0, 0.05) is 20.0 Å². The lowest BCUT2D eigenvalue weighted by Gasteiger charge is -2.34. The number of aromatic nitrogens is 2. The number of rotatable bonds is 4. The Morgan fingerprint density at radius 3 is 2.71 bits per heavy atom. The highest BCUT2D eigenvalue weighted by molar-refractivity contribution is 5.94. The SMILES string of the molecule is CC(=O)N1CCCCC1c1nc(C(=O)NCc2ccc(F)cc2)c(O)c(=O)[nH]1. The number of aromatic hydroxyl groups is 1. The van der Waals surface area contributed by atoms with E-state index in [4.69, 9.17) is 0 Å². The number of nitrogens with zero attached hydrogens (tertiary/aromatic N) is 2. The Bertz CT molecular complexity index is 942. The maximum Gasteiger partial charge on any atom is 0.294 e. The van der Waals surface area contributed by atoms with Crippen molar-refractivity contribution in [2.45, 2.75) is 38.8 Å². The largest absolute Gasteiger partial charge is 0.501 e. The minimum atomic E-state index is -0.842. The van der Waals surface area contributed by atoms with Crippen molar-refractivity contribution in [2.75, 3.05) is 6.54 Å². The van der Waals surface area contributed by atoms with Crippen LogP contribution in [0.25, 0.3) is 0 Å². The fourth-order valence-electron chi connectivity index (χ4n) is 3.26. The normalized spacial score (nSPS) is 16.6. The van der Waals surface area contributed by atoms with Crippen LogP contribution in [0.3, 0.4) is 0 Å². The summed E-state index contributed by atoms with van der Waals surface area (Å²) in [6.07, 6.45) is 2.30. The molecule has 1 aliphatic rings. The second-order valence-electron chi connectivity index (χ2n) is 6.68. The summed E-state index contributed by atoms with van der Waals surface area (Å²) in [6, 6.07) is 5.10. The number of nitrogens with one attached hydrogen (secondary N) is 2. The molecule has 1 fully saturated rings. The van der Waals surface area contributed by atoms with Crippen LogP contribution in [0, 0.1) is 5.82 Å². The van der Waals surface area contributed by atoms with Gasteiger partial charge in [0.1, 0.15) is 11.6 Å². The molecule has 2 amide bonds. The van der Waals surface area contributed by atoms with Crippen molar-refractivity contribution in [2.24, 2.45) is 0 Å². The molecule has 1 aromatic carbocycles. The highest BCUT2D eigenvalue weighted by Gasteiger charge is 2.29. The minimum Gasteiger partial charge on any atom is -0.501 e. The van der Waals surface area contributed by atoms with Gasteiger partial charge in [-0.3, -0.25) is 14.4 Å². The van der Waals surface area contributed by atoms with E-state index in [1.807, 2.05) is 0 Å². The van der Waals surface area contributed by atoms with Crippen LogP contribution in [0.4, 0.5) is 4.39 Å². The molecule has 9 heteroatoms. The predicted molar refractivity (Wildman–Crippen MR) is 98.1 cm³/mol. The van der Waals surface area contributed by atoms with Gasteiger partial charge in [-0.2, -0.15) is 0 Å². The van der Waals surface area contributed by atoms with E-state index in [2.05, 4.69) is 15.3 Å². The molecular weight excluding hydrogens is 367 g/mol. The number of carbonyl (C=O) groups excluding carboxylic acids is 2. The van der Waals surface area contributed by atoms with Gasteiger partial charge in [0.2, 0.25) is 11.7 Å². The van der Waals surface area contributed by atoms with Crippen molar-refractivity contribution in [1.82, 2.24) is 20.2 Å². The molecule has 1 atom stereocenters. The Labute approximate surface area is 160 Å². The maximum absolute atomic E-state index is 13.0. The molecule has 2 aromatic rings. The van der Waals surface area contributed by atoms with Gasteiger partial charge >= 0.3 is 0 Å². The van der Waals surface area contributed by atoms with Crippen LogP contribution in [0.1, 0.15) is 54.1 Å². The average molecular weight is 388 g/mol. The Morgan fingerprint density at radius 2 is 2.04 bits per heavy atom. The third-order valence-electron chi connectivity index (χ3n) is 4.72. The Morgan fingerprint density at radius 1 is 1.32 bits per heavy atom. The van der Waals surface area contributed by atoms with Crippen molar-refractivity contribution < 1.29 is 19.1 Å². The maximum atomic E-state index is 13.0. The van der Waals surface area contributed by atoms with E-state index in [1.165, 1.54) is 31.2 Å². The number of H-pyrrole nitrogens is 1. The van der Waals surface area contributed by atoms with Gasteiger partial charge in [-0.25, -0.2) is 9.37 Å². The zero-order valence-corrected chi connectivity index (χ0v) is 15.4. The Hall–Kier alpha value is -3.23. The van der Waals surface area contributed by atoms with Gasteiger partial charge in [-0.1, -0.05) is 12.1 Å². The number of amides is 2. The molecule has 0 saturated carbocycles. The van der Waals surface area contributed by atoms with E-state index in [0.29, 0.717) is 18.5 Å². The lowest BCUT2D eigenvalue weighted by molar-refractivity contribution is -0.132. The molecule has 148 valence electrons. The molecule has 8 nitrogen and oxygen atoms in total. The Balaban J connectivity index is 1.84. The molecule has 1 aliphatic heterocycles. The third kappa shape index (κ3) is 4.19. The zero-order valence-electron chi connectivity index (χ0n) is 15.4. The summed E-state index contributed by atoms with van der Waals surface area (Å²) < 4.78 is 13.0. The van der Waals surface area contributed by atoms with E-state index < -0.39 is 34.8 Å². The molecule has 3 rings (SSSR count). The van der Waals surface area contributed by atoms with Gasteiger partial charge in [-0.05, 0) is 37.0 Å². The quantitative estimate of drug-likeness (QED) is 0.736. The average Bonchev–Trinajstić information content (AvgIpc) is 2.69. The fraction of sp³-hybridized carbons (Fsp3) is 0.368. The summed E-state index contributed by atoms with van der Waals surface area (Å²) in [5.74, 6) is -1.90. The molecule has 0 radical (unpaired) electrons. The van der Waals surface area contributed by atoms with Gasteiger partial charge in [-0.15, -0.1) is 0 Å². The van der Waals surface area contributed by atoms with Crippen LogP contribution in [-0.4, -0.2) is 38.3 Å². The molecule has 1 saturated heterocycles. The highest BCUT2D eigenvalue weighted by Crippen LogP contribution is 2.29. The number of likely N-dealkylation sites (tertiary alicyclic amines) is 1. The summed E-state index contributed by atoms with van der Waals surface area (Å²) in [5.41, 5.74) is -0.602. The van der Waals surface area contributed by atoms with Crippen molar-refractivity contribution in [1.29, 1.82) is 0 Å². The second kappa shape index (κ2) is 8.20. The summed E-state index contributed by atoms with van der Waals surface area (Å²) in [6.45, 7) is 2.05. The van der Waals surface area contributed by atoms with E-state index >= 15 is 0 Å². The number of piperidine rings is 1. The van der Waals surface area contributed by atoms with E-state index in [-0.39, 0.29) is 18.3 Å². The van der Waals surface area contributed by atoms with Crippen molar-refractivity contribution in [3.05, 3.63) is 57.5 Å². The number of hydrogen-bond donors (Lipinski definition) is 3. The van der Waals surface area contributed by atoms with Crippen molar-refractivity contribution >= 4 is 11.8 Å². The van der Waals surface area contributed by atoms with Gasteiger partial charge in [0.15, 0.2) is 5.69 Å². The first kappa shape index (κ1) is 19.5. The van der Waals surface area contributed by atoms with Crippen LogP contribution in [0.2, 0.25) is 0 Å². The lowest BCUT2D eigenvalue weighted by atomic mass is 10.0. The smallest absolute Gasteiger partial charge is 0.294 e. The predicted octanol–water partition coefficient (Wildman–Crippen LogP) is 1.62. The zero-order chi connectivity index (χ0) is 20.3. The summed E-state index contributed by atoms with van der Waals surface area (Å²) in [4.78, 5) is 44.7. The standard InChI is InChI=1S/C19H21FN4O4/c1-11(25)24-9-3-2-4-14(24)17-22-15(16(26)19(28)23-17)18(27)21-10-12-5-7-13(20)8-6-12/h5-8,14,26H,2-4,9-10H2,1H3,(H,21,27)(H,22,23,28). The van der Waals surface area contributed by atoms with Crippen LogP contribution in [0.5, 0.6) is 5.75 Å². The Kier molecular flexibility index (Phi) is 5.72. The molecule has 0 bridgehead atoms. The topological polar surface area (TPSA) is 115 Å². The second-order valence-corrected chi connectivity index (χ2v) is 6.68. The number of carbonyl (C=O) groups is 2. The lowest BCUT2D eigenvalue weighted by Crippen LogP contribution is -2.39. The van der Waals surface area contributed by atoms with Crippen LogP contribution < -0.4 is 10.9 Å². The molecule has 3 N–H and O–H groups in total. The first-order chi connectivity index (χ1) is 13.4. The minimum absolute atomic E-state index is 0.0748. The van der Waals surface area contributed by atoms with Crippen molar-refractivity contribution in [3.63, 3.8) is 0 Å². The summed E-state index contributed by atoms with van der Waals surface area (Å²) >= 11 is 0. The molecule has 0 aliphatic carbocycles. The fourth-order valence-corrected chi connectivity index (χ4v) is 3.26. The number of halogens is 1. The molecule has 1 aromatic heterocycles. The van der Waals surface area contributed by atoms with Crippen LogP contribution >= 0.6 is 0 Å². The van der Waals surface area contributed by atoms with Crippen LogP contribution in [-0.2, 0) is 11.3 Å². The molecule has 28 heavy (non-hydrogen) atoms. The first-order valence-electron chi connectivity index (χ1n) is 9.00. The number of hydrogen-bond acceptors (Lipinski definition) is 5. The molecular formula is C19H21FN4O4. The van der Waals surface area contributed by atoms with Gasteiger partial charge in [0.05, 0.1) is 6.04 Å². The van der Waals surface area contributed by atoms with Gasteiger partial charge < -0.3 is 20.3 Å². The summed E-state index contributed by atoms with van der Waals surface area (Å²) in [7, 11) is 0. The van der Waals surface area contributed by atoms with Crippen LogP contribution in [0.15, 0.2) is 29.1 Å². The number of benzene rings is 1. The van der Waals surface area contributed by atoms with Gasteiger partial charge in [0.25, 0.3) is 11.5 Å². The monoisotopic (exact) mass is 388 g/mol. The molecule has 2 heterocycles. The molecule has 0 spiro atoms.